The second-order valence-corrected chi connectivity index (χ2v) is 1.54. The summed E-state index contributed by atoms with van der Waals surface area (Å²) in [7, 11) is 0. The van der Waals surface area contributed by atoms with Crippen LogP contribution in [0.5, 0.6) is 0 Å². The van der Waals surface area contributed by atoms with Gasteiger partial charge in [0.15, 0.2) is 0 Å². The Labute approximate surface area is 64.5 Å². The van der Waals surface area contributed by atoms with E-state index < -0.39 is 0 Å². The average Bonchev–Trinajstić information content (AvgIpc) is 2.42. The molecule has 0 saturated heterocycles. The molecule has 11 heavy (non-hydrogen) atoms. The molecule has 0 unspecified atom stereocenters. The molecule has 0 amide bonds. The highest BCUT2D eigenvalue weighted by atomic mass is 16.3. The summed E-state index contributed by atoms with van der Waals surface area (Å²) in [5, 5.41) is 6.89. The van der Waals surface area contributed by atoms with Crippen LogP contribution in [-0.2, 0) is 11.3 Å². The molecule has 0 radical (unpaired) electrons. The molecule has 1 aromatic heterocycles. The van der Waals surface area contributed by atoms with E-state index in [0.717, 1.165) is 0 Å². The molecule has 1 aromatic rings. The zero-order chi connectivity index (χ0) is 8.53. The normalized spacial score (nSPS) is 7.18. The molecule has 0 aliphatic rings. The number of hydrogen-bond acceptors (Lipinski definition) is 2. The summed E-state index contributed by atoms with van der Waals surface area (Å²) in [5.74, 6) is 2.49. The van der Waals surface area contributed by atoms with Gasteiger partial charge in [-0.1, -0.05) is 5.92 Å². The number of carbonyl (C=O) groups is 1. The van der Waals surface area contributed by atoms with E-state index in [0.29, 0.717) is 6.54 Å². The fourth-order valence-electron chi connectivity index (χ4n) is 0.486. The lowest BCUT2D eigenvalue weighted by Crippen LogP contribution is -1.88. The monoisotopic (exact) mass is 152 g/mol. The van der Waals surface area contributed by atoms with Gasteiger partial charge in [0.2, 0.25) is 0 Å². The van der Waals surface area contributed by atoms with E-state index in [9.17, 15) is 0 Å². The molecule has 0 atom stereocenters. The number of carboxylic acid groups (broad SMARTS) is 1. The molecule has 1 heterocycles. The lowest BCUT2D eigenvalue weighted by Gasteiger charge is -1.87. The lowest BCUT2D eigenvalue weighted by atomic mass is 10.6. The summed E-state index contributed by atoms with van der Waals surface area (Å²) < 4.78 is 1.83. The third kappa shape index (κ3) is 4.73. The summed E-state index contributed by atoms with van der Waals surface area (Å²) in [6, 6.07) is 0. The third-order valence-corrected chi connectivity index (χ3v) is 0.833. The van der Waals surface area contributed by atoms with Crippen LogP contribution in [0.25, 0.3) is 0 Å². The Morgan fingerprint density at radius 1 is 1.82 bits per heavy atom. The maximum absolute atomic E-state index is 8.36. The first kappa shape index (κ1) is 9.24. The van der Waals surface area contributed by atoms with E-state index in [2.05, 4.69) is 10.9 Å². The van der Waals surface area contributed by atoms with Crippen LogP contribution in [-0.4, -0.2) is 21.1 Å². The molecule has 4 heteroatoms. The number of imidazole rings is 1. The van der Waals surface area contributed by atoms with Crippen molar-refractivity contribution >= 4 is 6.47 Å². The summed E-state index contributed by atoms with van der Waals surface area (Å²) in [5.41, 5.74) is 0. The zero-order valence-corrected chi connectivity index (χ0v) is 5.84. The second-order valence-electron chi connectivity index (χ2n) is 1.54. The van der Waals surface area contributed by atoms with E-state index >= 15 is 0 Å². The predicted molar refractivity (Wildman–Crippen MR) is 39.8 cm³/mol. The van der Waals surface area contributed by atoms with Crippen molar-refractivity contribution in [3.05, 3.63) is 18.7 Å². The topological polar surface area (TPSA) is 55.1 Å². The van der Waals surface area contributed by atoms with Crippen molar-refractivity contribution in [2.75, 3.05) is 0 Å². The van der Waals surface area contributed by atoms with E-state index in [-0.39, 0.29) is 6.47 Å². The van der Waals surface area contributed by atoms with Crippen LogP contribution >= 0.6 is 0 Å². The summed E-state index contributed by atoms with van der Waals surface area (Å²) >= 11 is 0. The number of terminal acetylenes is 1. The molecule has 58 valence electrons. The fraction of sp³-hybridized carbons (Fsp3) is 0.143. The number of hydrogen-bond donors (Lipinski definition) is 1. The SMILES string of the molecule is C#CCn1ccnc1.O=CO. The van der Waals surface area contributed by atoms with Gasteiger partial charge in [-0.2, -0.15) is 0 Å². The van der Waals surface area contributed by atoms with Gasteiger partial charge in [-0.25, -0.2) is 4.98 Å². The van der Waals surface area contributed by atoms with E-state index in [1.54, 1.807) is 12.5 Å². The van der Waals surface area contributed by atoms with Gasteiger partial charge in [-0.3, -0.25) is 4.79 Å². The third-order valence-electron chi connectivity index (χ3n) is 0.833. The number of nitrogens with zero attached hydrogens (tertiary/aromatic N) is 2. The quantitative estimate of drug-likeness (QED) is 0.462. The minimum absolute atomic E-state index is 0.250. The summed E-state index contributed by atoms with van der Waals surface area (Å²) in [4.78, 5) is 12.2. The van der Waals surface area contributed by atoms with Gasteiger partial charge in [0.05, 0.1) is 12.9 Å². The van der Waals surface area contributed by atoms with Crippen LogP contribution in [0.15, 0.2) is 18.7 Å². The Morgan fingerprint density at radius 2 is 2.45 bits per heavy atom. The minimum Gasteiger partial charge on any atom is -0.483 e. The van der Waals surface area contributed by atoms with E-state index in [4.69, 9.17) is 16.3 Å². The first-order chi connectivity index (χ1) is 5.35. The molecular formula is C7H8N2O2. The summed E-state index contributed by atoms with van der Waals surface area (Å²) in [6.45, 7) is 0.361. The molecule has 1 N–H and O–H groups in total. The zero-order valence-electron chi connectivity index (χ0n) is 5.84. The van der Waals surface area contributed by atoms with Gasteiger partial charge in [-0.15, -0.1) is 6.42 Å². The van der Waals surface area contributed by atoms with Gasteiger partial charge in [-0.05, 0) is 0 Å². The van der Waals surface area contributed by atoms with Crippen LogP contribution in [0.2, 0.25) is 0 Å². The van der Waals surface area contributed by atoms with E-state index in [1.807, 2.05) is 10.8 Å². The Kier molecular flexibility index (Phi) is 5.34. The molecule has 1 rings (SSSR count). The van der Waals surface area contributed by atoms with Gasteiger partial charge in [0, 0.05) is 12.4 Å². The molecule has 0 aliphatic heterocycles. The maximum Gasteiger partial charge on any atom is 0.290 e. The van der Waals surface area contributed by atoms with Gasteiger partial charge in [0.25, 0.3) is 6.47 Å². The second kappa shape index (κ2) is 6.36. The molecule has 0 aliphatic carbocycles. The fourth-order valence-corrected chi connectivity index (χ4v) is 0.486. The predicted octanol–water partition coefficient (Wildman–Crippen LogP) is 0.217. The highest BCUT2D eigenvalue weighted by molar-refractivity contribution is 5.32. The Morgan fingerprint density at radius 3 is 2.82 bits per heavy atom. The molecule has 0 spiro atoms. The Hall–Kier alpha value is -1.76. The molecule has 0 aromatic carbocycles. The van der Waals surface area contributed by atoms with Crippen molar-refractivity contribution in [3.8, 4) is 12.3 Å². The van der Waals surface area contributed by atoms with Gasteiger partial charge >= 0.3 is 0 Å². The molecular weight excluding hydrogens is 144 g/mol. The van der Waals surface area contributed by atoms with Crippen molar-refractivity contribution in [3.63, 3.8) is 0 Å². The largest absolute Gasteiger partial charge is 0.483 e. The Balaban J connectivity index is 0.000000292. The molecule has 0 bridgehead atoms. The van der Waals surface area contributed by atoms with Crippen LogP contribution < -0.4 is 0 Å². The van der Waals surface area contributed by atoms with E-state index in [1.165, 1.54) is 0 Å². The van der Waals surface area contributed by atoms with Gasteiger partial charge < -0.3 is 9.67 Å². The number of rotatable bonds is 1. The standard InChI is InChI=1S/C6H6N2.CH2O2/c1-2-4-8-5-3-7-6-8;2-1-3/h1,3,5-6H,4H2;1H,(H,2,3). The van der Waals surface area contributed by atoms with Crippen molar-refractivity contribution < 1.29 is 9.90 Å². The van der Waals surface area contributed by atoms with Crippen LogP contribution in [0, 0.1) is 12.3 Å². The van der Waals surface area contributed by atoms with Crippen LogP contribution in [0.3, 0.4) is 0 Å². The van der Waals surface area contributed by atoms with Crippen molar-refractivity contribution in [2.24, 2.45) is 0 Å². The van der Waals surface area contributed by atoms with Crippen LogP contribution in [0.4, 0.5) is 0 Å². The lowest BCUT2D eigenvalue weighted by molar-refractivity contribution is -0.122. The molecule has 0 fully saturated rings. The molecule has 0 saturated carbocycles. The van der Waals surface area contributed by atoms with Crippen molar-refractivity contribution in [2.45, 2.75) is 6.54 Å². The smallest absolute Gasteiger partial charge is 0.290 e. The summed E-state index contributed by atoms with van der Waals surface area (Å²) in [6.07, 6.45) is 10.3. The highest BCUT2D eigenvalue weighted by Crippen LogP contribution is 1.81. The first-order valence-electron chi connectivity index (χ1n) is 2.82. The van der Waals surface area contributed by atoms with Crippen molar-refractivity contribution in [1.82, 2.24) is 9.55 Å². The van der Waals surface area contributed by atoms with Gasteiger partial charge in [0.1, 0.15) is 0 Å². The maximum atomic E-state index is 8.36. The number of aromatic nitrogens is 2. The van der Waals surface area contributed by atoms with Crippen molar-refractivity contribution in [1.29, 1.82) is 0 Å². The molecule has 4 nitrogen and oxygen atoms in total. The first-order valence-corrected chi connectivity index (χ1v) is 2.82. The average molecular weight is 152 g/mol. The highest BCUT2D eigenvalue weighted by Gasteiger charge is 1.79. The van der Waals surface area contributed by atoms with Crippen LogP contribution in [0.1, 0.15) is 0 Å². The Bertz CT molecular complexity index is 223. The minimum atomic E-state index is -0.250.